The fraction of sp³-hybridized carbons (Fsp3) is 0.400. The van der Waals surface area contributed by atoms with E-state index in [0.29, 0.717) is 55.2 Å². The molecule has 0 radical (unpaired) electrons. The molecule has 1 aliphatic rings. The van der Waals surface area contributed by atoms with Crippen LogP contribution in [-0.2, 0) is 19.5 Å². The van der Waals surface area contributed by atoms with E-state index in [1.165, 1.54) is 30.3 Å². The van der Waals surface area contributed by atoms with E-state index in [9.17, 15) is 18.3 Å². The summed E-state index contributed by atoms with van der Waals surface area (Å²) >= 11 is 0. The highest BCUT2D eigenvalue weighted by atomic mass is 32.2. The average Bonchev–Trinajstić information content (AvgIpc) is 3.78. The maximum absolute atomic E-state index is 13.3. The van der Waals surface area contributed by atoms with E-state index < -0.39 is 21.6 Å². The zero-order valence-electron chi connectivity index (χ0n) is 22.6. The van der Waals surface area contributed by atoms with Gasteiger partial charge >= 0.3 is 5.63 Å². The van der Waals surface area contributed by atoms with E-state index in [4.69, 9.17) is 19.2 Å². The predicted molar refractivity (Wildman–Crippen MR) is 150 cm³/mol. The van der Waals surface area contributed by atoms with Crippen molar-refractivity contribution < 1.29 is 27.4 Å². The lowest BCUT2D eigenvalue weighted by Gasteiger charge is -2.20. The number of benzene rings is 2. The lowest BCUT2D eigenvalue weighted by Crippen LogP contribution is -2.18. The fourth-order valence-electron chi connectivity index (χ4n) is 4.84. The molecule has 9 nitrogen and oxygen atoms in total. The summed E-state index contributed by atoms with van der Waals surface area (Å²) in [6, 6.07) is 16.0. The first-order chi connectivity index (χ1) is 19.3. The molecule has 1 heterocycles. The third kappa shape index (κ3) is 7.10. The van der Waals surface area contributed by atoms with Crippen molar-refractivity contribution in [3.63, 3.8) is 0 Å². The number of nitriles is 1. The molecule has 2 unspecified atom stereocenters. The van der Waals surface area contributed by atoms with Crippen LogP contribution in [0, 0.1) is 17.2 Å². The van der Waals surface area contributed by atoms with Gasteiger partial charge in [0.05, 0.1) is 35.3 Å². The van der Waals surface area contributed by atoms with Crippen molar-refractivity contribution in [3.8, 4) is 11.8 Å². The first kappa shape index (κ1) is 29.3. The van der Waals surface area contributed by atoms with Crippen molar-refractivity contribution in [3.05, 3.63) is 87.5 Å². The minimum atomic E-state index is -3.90. The van der Waals surface area contributed by atoms with Crippen LogP contribution in [0.3, 0.4) is 0 Å². The van der Waals surface area contributed by atoms with Crippen molar-refractivity contribution in [2.75, 3.05) is 31.7 Å². The van der Waals surface area contributed by atoms with Crippen molar-refractivity contribution in [1.29, 1.82) is 5.26 Å². The Bertz CT molecular complexity index is 1510. The lowest BCUT2D eigenvalue weighted by molar-refractivity contribution is 0.0659. The summed E-state index contributed by atoms with van der Waals surface area (Å²) in [6.07, 6.45) is 3.10. The molecule has 1 aliphatic carbocycles. The molecule has 2 N–H and O–H groups in total. The Balaban J connectivity index is 1.58. The van der Waals surface area contributed by atoms with Crippen molar-refractivity contribution in [2.45, 2.75) is 49.3 Å². The summed E-state index contributed by atoms with van der Waals surface area (Å²) in [5.41, 5.74) is 0.987. The molecule has 0 amide bonds. The second kappa shape index (κ2) is 13.1. The van der Waals surface area contributed by atoms with Gasteiger partial charge in [-0.15, -0.1) is 0 Å². The van der Waals surface area contributed by atoms with Crippen LogP contribution in [0.15, 0.2) is 68.7 Å². The van der Waals surface area contributed by atoms with Gasteiger partial charge in [-0.3, -0.25) is 4.72 Å². The number of hydrogen-bond acceptors (Lipinski definition) is 8. The maximum atomic E-state index is 13.3. The molecule has 1 saturated carbocycles. The highest BCUT2D eigenvalue weighted by Crippen LogP contribution is 2.48. The molecule has 4 rings (SSSR count). The van der Waals surface area contributed by atoms with Crippen LogP contribution >= 0.6 is 0 Å². The predicted octanol–water partition coefficient (Wildman–Crippen LogP) is 5.11. The molecule has 212 valence electrons. The molecule has 10 heteroatoms. The largest absolute Gasteiger partial charge is 0.507 e. The minimum Gasteiger partial charge on any atom is -0.507 e. The lowest BCUT2D eigenvalue weighted by atomic mass is 9.87. The van der Waals surface area contributed by atoms with Crippen LogP contribution in [0.4, 0.5) is 5.69 Å². The number of ether oxygens (including phenoxy) is 2. The number of rotatable bonds is 14. The van der Waals surface area contributed by atoms with Gasteiger partial charge in [0.1, 0.15) is 11.5 Å². The van der Waals surface area contributed by atoms with Gasteiger partial charge in [0.25, 0.3) is 10.0 Å². The average molecular weight is 567 g/mol. The second-order valence-corrected chi connectivity index (χ2v) is 11.6. The van der Waals surface area contributed by atoms with E-state index in [1.54, 1.807) is 25.3 Å². The Kier molecular flexibility index (Phi) is 9.63. The molecular formula is C30H34N2O7S. The van der Waals surface area contributed by atoms with E-state index in [-0.39, 0.29) is 28.0 Å². The monoisotopic (exact) mass is 566 g/mol. The second-order valence-electron chi connectivity index (χ2n) is 9.92. The molecule has 2 aromatic carbocycles. The van der Waals surface area contributed by atoms with Gasteiger partial charge in [-0.2, -0.15) is 5.26 Å². The van der Waals surface area contributed by atoms with Gasteiger partial charge in [0.15, 0.2) is 0 Å². The molecule has 2 atom stereocenters. The van der Waals surface area contributed by atoms with Crippen molar-refractivity contribution >= 4 is 15.7 Å². The Morgan fingerprint density at radius 3 is 2.50 bits per heavy atom. The van der Waals surface area contributed by atoms with E-state index in [0.717, 1.165) is 12.8 Å². The van der Waals surface area contributed by atoms with Crippen LogP contribution in [0.25, 0.3) is 0 Å². The Morgan fingerprint density at radius 1 is 1.12 bits per heavy atom. The van der Waals surface area contributed by atoms with Crippen molar-refractivity contribution in [2.24, 2.45) is 5.92 Å². The summed E-state index contributed by atoms with van der Waals surface area (Å²) in [5.74, 6) is -0.106. The van der Waals surface area contributed by atoms with Crippen LogP contribution in [0.2, 0.25) is 0 Å². The molecule has 0 saturated heterocycles. The summed E-state index contributed by atoms with van der Waals surface area (Å²) in [7, 11) is -2.29. The number of hydrogen-bond donors (Lipinski definition) is 2. The number of nitrogens with zero attached hydrogens (tertiary/aromatic N) is 1. The summed E-state index contributed by atoms with van der Waals surface area (Å²) in [5, 5.41) is 20.0. The minimum absolute atomic E-state index is 0.0269. The first-order valence-electron chi connectivity index (χ1n) is 13.3. The normalized spacial score (nSPS) is 14.8. The summed E-state index contributed by atoms with van der Waals surface area (Å²) in [6.45, 7) is 3.45. The highest BCUT2D eigenvalue weighted by Gasteiger charge is 2.38. The zero-order valence-corrected chi connectivity index (χ0v) is 23.4. The van der Waals surface area contributed by atoms with Gasteiger partial charge in [-0.05, 0) is 73.6 Å². The standard InChI is InChI=1S/C30H34N2O7S/c1-3-21(13-14-38-16-15-37-2)27-18-26(33)29(30(34)39-27)28(22-9-10-22)23-5-4-6-24(17-23)32-40(35,36)25-11-7-20(19-31)8-12-25/h4-8,11-12,17-18,21-22,28,32-33H,3,9-10,13-16H2,1-2H3. The van der Waals surface area contributed by atoms with Gasteiger partial charge in [0, 0.05) is 37.3 Å². The molecule has 0 spiro atoms. The van der Waals surface area contributed by atoms with Crippen LogP contribution in [0.1, 0.15) is 66.9 Å². The zero-order chi connectivity index (χ0) is 28.7. The highest BCUT2D eigenvalue weighted by molar-refractivity contribution is 7.92. The first-order valence-corrected chi connectivity index (χ1v) is 14.8. The smallest absolute Gasteiger partial charge is 0.343 e. The van der Waals surface area contributed by atoms with E-state index in [2.05, 4.69) is 4.72 Å². The molecular weight excluding hydrogens is 532 g/mol. The van der Waals surface area contributed by atoms with Gasteiger partial charge < -0.3 is 19.0 Å². The maximum Gasteiger partial charge on any atom is 0.343 e. The van der Waals surface area contributed by atoms with Gasteiger partial charge in [0.2, 0.25) is 0 Å². The molecule has 0 aliphatic heterocycles. The summed E-state index contributed by atoms with van der Waals surface area (Å²) < 4.78 is 44.8. The molecule has 1 fully saturated rings. The van der Waals surface area contributed by atoms with Crippen LogP contribution < -0.4 is 10.3 Å². The Labute approximate surface area is 234 Å². The van der Waals surface area contributed by atoms with Gasteiger partial charge in [-0.25, -0.2) is 13.2 Å². The number of aromatic hydroxyl groups is 1. The molecule has 3 aromatic rings. The SMILES string of the molecule is CCC(CCOCCOC)c1cc(O)c(C(c2cccc(NS(=O)(=O)c3ccc(C#N)cc3)c2)C2CC2)c(=O)o1. The van der Waals surface area contributed by atoms with E-state index in [1.807, 2.05) is 19.1 Å². The molecule has 40 heavy (non-hydrogen) atoms. The molecule has 0 bridgehead atoms. The Morgan fingerprint density at radius 2 is 1.88 bits per heavy atom. The summed E-state index contributed by atoms with van der Waals surface area (Å²) in [4.78, 5) is 13.3. The molecule has 1 aromatic heterocycles. The van der Waals surface area contributed by atoms with Gasteiger partial charge in [-0.1, -0.05) is 19.1 Å². The number of anilines is 1. The Hall–Kier alpha value is -3.65. The third-order valence-electron chi connectivity index (χ3n) is 7.12. The van der Waals surface area contributed by atoms with Crippen molar-refractivity contribution in [1.82, 2.24) is 0 Å². The fourth-order valence-corrected chi connectivity index (χ4v) is 5.89. The number of nitrogens with one attached hydrogen (secondary N) is 1. The topological polar surface area (TPSA) is 139 Å². The quantitative estimate of drug-likeness (QED) is 0.257. The number of sulfonamides is 1. The third-order valence-corrected chi connectivity index (χ3v) is 8.52. The van der Waals surface area contributed by atoms with Crippen LogP contribution in [-0.4, -0.2) is 40.5 Å². The number of methoxy groups -OCH3 is 1. The van der Waals surface area contributed by atoms with Crippen LogP contribution in [0.5, 0.6) is 5.75 Å². The van der Waals surface area contributed by atoms with E-state index >= 15 is 0 Å².